The van der Waals surface area contributed by atoms with Gasteiger partial charge < -0.3 is 25.7 Å². The molecule has 2 atom stereocenters. The van der Waals surface area contributed by atoms with Crippen molar-refractivity contribution >= 4 is 63.8 Å². The minimum atomic E-state index is -1.72. The second-order valence-electron chi connectivity index (χ2n) is 8.12. The fourth-order valence-electron chi connectivity index (χ4n) is 4.08. The van der Waals surface area contributed by atoms with Crippen LogP contribution in [0.2, 0.25) is 0 Å². The van der Waals surface area contributed by atoms with E-state index >= 15 is 0 Å². The summed E-state index contributed by atoms with van der Waals surface area (Å²) in [7, 11) is 0. The smallest absolute Gasteiger partial charge is 0.356 e. The minimum absolute atomic E-state index is 0.0458. The number of carbonyl (C=O) groups excluding carboxylic acids is 3. The van der Waals surface area contributed by atoms with E-state index in [1.165, 1.54) is 29.6 Å². The summed E-state index contributed by atoms with van der Waals surface area (Å²) in [6.45, 7) is 1.74. The van der Waals surface area contributed by atoms with Gasteiger partial charge in [-0.05, 0) is 12.5 Å². The maximum atomic E-state index is 13.6. The number of amides is 3. The summed E-state index contributed by atoms with van der Waals surface area (Å²) in [5.74, 6) is -3.84. The van der Waals surface area contributed by atoms with Gasteiger partial charge in [0.1, 0.15) is 23.4 Å². The first-order chi connectivity index (χ1) is 18.6. The number of carboxylic acids is 1. The summed E-state index contributed by atoms with van der Waals surface area (Å²) in [4.78, 5) is 70.3. The molecule has 0 aliphatic carbocycles. The van der Waals surface area contributed by atoms with Crippen molar-refractivity contribution in [2.45, 2.75) is 24.3 Å². The third kappa shape index (κ3) is 5.13. The molecule has 3 heterocycles. The molecule has 1 unspecified atom stereocenters. The van der Waals surface area contributed by atoms with Crippen LogP contribution in [0, 0.1) is 10.1 Å². The molecule has 4 rings (SSSR count). The quantitative estimate of drug-likeness (QED) is 0.0981. The predicted molar refractivity (Wildman–Crippen MR) is 138 cm³/mol. The van der Waals surface area contributed by atoms with Crippen LogP contribution in [-0.4, -0.2) is 78.2 Å². The molecule has 2 aromatic rings. The van der Waals surface area contributed by atoms with Gasteiger partial charge in [0, 0.05) is 23.9 Å². The van der Waals surface area contributed by atoms with Crippen molar-refractivity contribution in [1.29, 1.82) is 0 Å². The van der Waals surface area contributed by atoms with E-state index in [2.05, 4.69) is 20.8 Å². The van der Waals surface area contributed by atoms with Crippen molar-refractivity contribution < 1.29 is 39.2 Å². The molecular formula is C22H20N6O9S2. The molecule has 204 valence electrons. The highest BCUT2D eigenvalue weighted by molar-refractivity contribution is 8.00. The number of oxime groups is 1. The summed E-state index contributed by atoms with van der Waals surface area (Å²) in [5.41, 5.74) is -2.31. The van der Waals surface area contributed by atoms with Crippen molar-refractivity contribution in [2.75, 3.05) is 17.7 Å². The fourth-order valence-corrected chi connectivity index (χ4v) is 6.07. The average molecular weight is 577 g/mol. The molecule has 3 amide bonds. The molecule has 4 N–H and O–H groups in total. The highest BCUT2D eigenvalue weighted by Gasteiger charge is 2.65. The van der Waals surface area contributed by atoms with Gasteiger partial charge in [0.15, 0.2) is 22.1 Å². The number of aliphatic hydroxyl groups is 1. The van der Waals surface area contributed by atoms with E-state index in [0.717, 1.165) is 28.0 Å². The third-order valence-electron chi connectivity index (χ3n) is 5.75. The number of fused-ring (bicyclic) bond motifs is 1. The number of thiazole rings is 1. The van der Waals surface area contributed by atoms with Crippen molar-refractivity contribution in [2.24, 2.45) is 5.16 Å². The molecule has 0 saturated carbocycles. The Morgan fingerprint density at radius 2 is 2.10 bits per heavy atom. The zero-order valence-corrected chi connectivity index (χ0v) is 21.7. The summed E-state index contributed by atoms with van der Waals surface area (Å²) >= 11 is 2.05. The number of aliphatic hydroxyl groups excluding tert-OH is 1. The standard InChI is InChI=1S/C22H20N6O9S2/c1-2-37-26-15(13-8-39-21(24-13)23-10-29)17(31)25-22(7-11-3-5-12(6-4-11)28(35)36)19(34)27-16(18(32)33)14(30)9-38-20(22)27/h3-6,8,10,20,30H,2,7,9H2,1H3,(H,25,31)(H,32,33)(H,23,24,29)/t20-,22?/m0/s1. The number of rotatable bonds is 11. The Balaban J connectivity index is 1.73. The number of nitrogens with one attached hydrogen (secondary N) is 2. The number of β-lactam (4-membered cyclic amide) rings is 1. The Labute approximate surface area is 227 Å². The van der Waals surface area contributed by atoms with Crippen LogP contribution in [0.25, 0.3) is 0 Å². The lowest BCUT2D eigenvalue weighted by molar-refractivity contribution is -0.384. The molecule has 1 aromatic carbocycles. The first-order valence-corrected chi connectivity index (χ1v) is 13.1. The van der Waals surface area contributed by atoms with Crippen molar-refractivity contribution in [3.63, 3.8) is 0 Å². The van der Waals surface area contributed by atoms with Gasteiger partial charge in [-0.1, -0.05) is 17.3 Å². The number of non-ortho nitro benzene ring substituents is 1. The predicted octanol–water partition coefficient (Wildman–Crippen LogP) is 1.23. The van der Waals surface area contributed by atoms with E-state index in [1.54, 1.807) is 6.92 Å². The summed E-state index contributed by atoms with van der Waals surface area (Å²) in [6, 6.07) is 5.34. The van der Waals surface area contributed by atoms with Crippen LogP contribution in [0.4, 0.5) is 10.8 Å². The van der Waals surface area contributed by atoms with Gasteiger partial charge in [-0.3, -0.25) is 29.4 Å². The number of benzene rings is 1. The number of anilines is 1. The van der Waals surface area contributed by atoms with E-state index in [0.29, 0.717) is 12.0 Å². The van der Waals surface area contributed by atoms with Gasteiger partial charge >= 0.3 is 5.97 Å². The number of nitrogens with zero attached hydrogens (tertiary/aromatic N) is 4. The summed E-state index contributed by atoms with van der Waals surface area (Å²) in [5, 5.41) is 40.4. The topological polar surface area (TPSA) is 214 Å². The molecular weight excluding hydrogens is 556 g/mol. The number of aromatic nitrogens is 1. The number of thioether (sulfide) groups is 1. The second kappa shape index (κ2) is 11.1. The normalized spacial score (nSPS) is 20.5. The Morgan fingerprint density at radius 1 is 1.38 bits per heavy atom. The van der Waals surface area contributed by atoms with Gasteiger partial charge in [-0.2, -0.15) is 0 Å². The van der Waals surface area contributed by atoms with E-state index in [1.807, 2.05) is 0 Å². The molecule has 0 bridgehead atoms. The number of carbonyl (C=O) groups is 4. The number of carboxylic acid groups (broad SMARTS) is 1. The van der Waals surface area contributed by atoms with Crippen LogP contribution < -0.4 is 10.6 Å². The van der Waals surface area contributed by atoms with E-state index < -0.39 is 45.1 Å². The van der Waals surface area contributed by atoms with Gasteiger partial charge in [-0.25, -0.2) is 9.78 Å². The molecule has 39 heavy (non-hydrogen) atoms. The van der Waals surface area contributed by atoms with Gasteiger partial charge in [0.25, 0.3) is 17.5 Å². The maximum absolute atomic E-state index is 13.6. The van der Waals surface area contributed by atoms with Gasteiger partial charge in [0.05, 0.1) is 10.7 Å². The van der Waals surface area contributed by atoms with E-state index in [4.69, 9.17) is 4.84 Å². The number of nitro benzene ring substituents is 1. The van der Waals surface area contributed by atoms with E-state index in [-0.39, 0.29) is 41.0 Å². The molecule has 0 spiro atoms. The Kier molecular flexibility index (Phi) is 7.82. The van der Waals surface area contributed by atoms with Crippen LogP contribution in [-0.2, 0) is 30.4 Å². The molecule has 2 aliphatic heterocycles. The Bertz CT molecular complexity index is 1410. The largest absolute Gasteiger partial charge is 0.509 e. The SMILES string of the molecule is CCON=C(C(=O)NC1(Cc2ccc([N+](=O)[O-])cc2)C(=O)N2C(C(=O)O)=C(O)CS[C@H]21)c1csc(NC=O)n1. The van der Waals surface area contributed by atoms with Gasteiger partial charge in [0.2, 0.25) is 6.41 Å². The summed E-state index contributed by atoms with van der Waals surface area (Å²) in [6.07, 6.45) is 0.250. The zero-order chi connectivity index (χ0) is 28.3. The average Bonchev–Trinajstić information content (AvgIpc) is 3.36. The number of hydrogen-bond acceptors (Lipinski definition) is 12. The van der Waals surface area contributed by atoms with Crippen molar-refractivity contribution in [3.05, 3.63) is 62.5 Å². The molecule has 1 aromatic heterocycles. The summed E-state index contributed by atoms with van der Waals surface area (Å²) < 4.78 is 0. The first-order valence-electron chi connectivity index (χ1n) is 11.2. The number of nitro groups is 1. The monoisotopic (exact) mass is 576 g/mol. The lowest BCUT2D eigenvalue weighted by Crippen LogP contribution is -2.81. The molecule has 1 fully saturated rings. The zero-order valence-electron chi connectivity index (χ0n) is 20.0. The molecule has 1 saturated heterocycles. The van der Waals surface area contributed by atoms with Gasteiger partial charge in [-0.15, -0.1) is 23.1 Å². The van der Waals surface area contributed by atoms with Crippen LogP contribution >= 0.6 is 23.1 Å². The first kappa shape index (κ1) is 27.5. The highest BCUT2D eigenvalue weighted by atomic mass is 32.2. The second-order valence-corrected chi connectivity index (χ2v) is 10.0. The number of aliphatic carboxylic acids is 1. The van der Waals surface area contributed by atoms with Crippen LogP contribution in [0.1, 0.15) is 18.2 Å². The maximum Gasteiger partial charge on any atom is 0.356 e. The van der Waals surface area contributed by atoms with Crippen LogP contribution in [0.5, 0.6) is 0 Å². The lowest BCUT2D eigenvalue weighted by Gasteiger charge is -2.56. The van der Waals surface area contributed by atoms with Crippen molar-refractivity contribution in [3.8, 4) is 0 Å². The fraction of sp³-hybridized carbons (Fsp3) is 0.273. The number of hydrogen-bond donors (Lipinski definition) is 4. The Morgan fingerprint density at radius 3 is 2.72 bits per heavy atom. The molecule has 2 aliphatic rings. The molecule has 0 radical (unpaired) electrons. The lowest BCUT2D eigenvalue weighted by atomic mass is 9.80. The minimum Gasteiger partial charge on any atom is -0.509 e. The van der Waals surface area contributed by atoms with E-state index in [9.17, 15) is 39.5 Å². The third-order valence-corrected chi connectivity index (χ3v) is 7.89. The van der Waals surface area contributed by atoms with Crippen LogP contribution in [0.15, 0.2) is 46.3 Å². The Hall–Kier alpha value is -4.51. The molecule has 15 nitrogen and oxygen atoms in total. The van der Waals surface area contributed by atoms with Crippen molar-refractivity contribution in [1.82, 2.24) is 15.2 Å². The van der Waals surface area contributed by atoms with Crippen LogP contribution in [0.3, 0.4) is 0 Å². The highest BCUT2D eigenvalue weighted by Crippen LogP contribution is 2.47. The molecule has 17 heteroatoms.